The monoisotopic (exact) mass is 294 g/mol. The number of carbonyl (C=O) groups excluding carboxylic acids is 1. The molecule has 1 aromatic heterocycles. The summed E-state index contributed by atoms with van der Waals surface area (Å²) in [6, 6.07) is 0.750. The summed E-state index contributed by atoms with van der Waals surface area (Å²) in [5, 5.41) is 12.8. The maximum Gasteiger partial charge on any atom is 0.282 e. The van der Waals surface area contributed by atoms with Crippen LogP contribution >= 0.6 is 11.3 Å². The van der Waals surface area contributed by atoms with Crippen LogP contribution in [-0.4, -0.2) is 46.2 Å². The summed E-state index contributed by atoms with van der Waals surface area (Å²) in [4.78, 5) is 14.7. The Hall–Kier alpha value is -1.01. The smallest absolute Gasteiger partial charge is 0.282 e. The zero-order valence-corrected chi connectivity index (χ0v) is 13.1. The van der Waals surface area contributed by atoms with E-state index in [2.05, 4.69) is 41.2 Å². The van der Waals surface area contributed by atoms with Crippen molar-refractivity contribution < 1.29 is 4.79 Å². The van der Waals surface area contributed by atoms with Gasteiger partial charge >= 0.3 is 0 Å². The van der Waals surface area contributed by atoms with Gasteiger partial charge in [0.25, 0.3) is 5.91 Å². The van der Waals surface area contributed by atoms with E-state index in [1.807, 2.05) is 0 Å². The Bertz CT molecular complexity index is 497. The van der Waals surface area contributed by atoms with Crippen molar-refractivity contribution in [2.45, 2.75) is 51.6 Å². The van der Waals surface area contributed by atoms with Gasteiger partial charge in [0.15, 0.2) is 0 Å². The third-order valence-corrected chi connectivity index (χ3v) is 5.33. The number of rotatable bonds is 4. The highest BCUT2D eigenvalue weighted by atomic mass is 32.1. The van der Waals surface area contributed by atoms with E-state index in [9.17, 15) is 4.79 Å². The van der Waals surface area contributed by atoms with Crippen molar-refractivity contribution in [3.8, 4) is 0 Å². The Kier molecular flexibility index (Phi) is 3.77. The van der Waals surface area contributed by atoms with Gasteiger partial charge in [-0.1, -0.05) is 18.3 Å². The molecule has 2 fully saturated rings. The Balaban J connectivity index is 1.60. The summed E-state index contributed by atoms with van der Waals surface area (Å²) in [5.41, 5.74) is 0. The molecule has 1 saturated carbocycles. The van der Waals surface area contributed by atoms with Gasteiger partial charge in [-0.25, -0.2) is 0 Å². The second-order valence-electron chi connectivity index (χ2n) is 6.32. The molecule has 3 rings (SSSR count). The first-order valence-corrected chi connectivity index (χ1v) is 8.24. The summed E-state index contributed by atoms with van der Waals surface area (Å²) < 4.78 is 0. The molecule has 0 radical (unpaired) electrons. The van der Waals surface area contributed by atoms with Crippen LogP contribution in [0, 0.1) is 5.92 Å². The fraction of sp³-hybridized carbons (Fsp3) is 0.786. The number of nitrogens with zero attached hydrogens (tertiary/aromatic N) is 3. The zero-order chi connectivity index (χ0) is 14.3. The molecule has 0 bridgehead atoms. The largest absolute Gasteiger partial charge is 0.346 e. The average Bonchev–Trinajstić information content (AvgIpc) is 3.01. The summed E-state index contributed by atoms with van der Waals surface area (Å²) in [5.74, 6) is 0.991. The number of carbonyl (C=O) groups is 1. The van der Waals surface area contributed by atoms with Crippen LogP contribution in [0.4, 0.5) is 0 Å². The van der Waals surface area contributed by atoms with Crippen LogP contribution in [0.1, 0.15) is 54.3 Å². The predicted molar refractivity (Wildman–Crippen MR) is 79.0 cm³/mol. The lowest BCUT2D eigenvalue weighted by Gasteiger charge is -2.20. The highest BCUT2D eigenvalue weighted by Gasteiger charge is 2.33. The van der Waals surface area contributed by atoms with E-state index >= 15 is 0 Å². The molecule has 1 N–H and O–H groups in total. The zero-order valence-electron chi connectivity index (χ0n) is 12.3. The standard InChI is InChI=1S/C14H22N4OS/c1-8(2)18-6-9(3)11(7-18)15-12(19)14-17-16-13(20-14)10-4-5-10/h8-11H,4-7H2,1-3H3,(H,15,19)/t9-,11-/m1/s1. The molecule has 1 aliphatic heterocycles. The summed E-state index contributed by atoms with van der Waals surface area (Å²) in [6.45, 7) is 8.57. The van der Waals surface area contributed by atoms with Crippen LogP contribution in [0.15, 0.2) is 0 Å². The number of hydrogen-bond acceptors (Lipinski definition) is 5. The van der Waals surface area contributed by atoms with E-state index in [1.54, 1.807) is 0 Å². The Morgan fingerprint density at radius 3 is 2.70 bits per heavy atom. The number of amides is 1. The fourth-order valence-corrected chi connectivity index (χ4v) is 3.58. The predicted octanol–water partition coefficient (Wildman–Crippen LogP) is 1.87. The highest BCUT2D eigenvalue weighted by molar-refractivity contribution is 7.13. The summed E-state index contributed by atoms with van der Waals surface area (Å²) in [6.07, 6.45) is 2.39. The molecular weight excluding hydrogens is 272 g/mol. The van der Waals surface area contributed by atoms with Crippen molar-refractivity contribution in [3.63, 3.8) is 0 Å². The van der Waals surface area contributed by atoms with E-state index in [-0.39, 0.29) is 11.9 Å². The molecule has 6 heteroatoms. The minimum absolute atomic E-state index is 0.0585. The van der Waals surface area contributed by atoms with E-state index in [0.717, 1.165) is 18.1 Å². The topological polar surface area (TPSA) is 58.1 Å². The van der Waals surface area contributed by atoms with Gasteiger partial charge in [0, 0.05) is 31.1 Å². The molecule has 0 aromatic carbocycles. The number of nitrogens with one attached hydrogen (secondary N) is 1. The van der Waals surface area contributed by atoms with E-state index < -0.39 is 0 Å². The lowest BCUT2D eigenvalue weighted by Crippen LogP contribution is -2.40. The molecular formula is C14H22N4OS. The highest BCUT2D eigenvalue weighted by Crippen LogP contribution is 2.41. The fourth-order valence-electron chi connectivity index (χ4n) is 2.67. The summed E-state index contributed by atoms with van der Waals surface area (Å²) >= 11 is 1.46. The quantitative estimate of drug-likeness (QED) is 0.921. The van der Waals surface area contributed by atoms with Crippen molar-refractivity contribution in [3.05, 3.63) is 10.0 Å². The molecule has 2 aliphatic rings. The van der Waals surface area contributed by atoms with E-state index in [0.29, 0.717) is 22.9 Å². The van der Waals surface area contributed by atoms with Crippen LogP contribution in [0.3, 0.4) is 0 Å². The summed E-state index contributed by atoms with van der Waals surface area (Å²) in [7, 11) is 0. The van der Waals surface area contributed by atoms with Gasteiger partial charge in [-0.15, -0.1) is 10.2 Å². The van der Waals surface area contributed by atoms with Crippen LogP contribution in [0.2, 0.25) is 0 Å². The lowest BCUT2D eigenvalue weighted by atomic mass is 10.1. The normalized spacial score (nSPS) is 27.2. The molecule has 0 unspecified atom stereocenters. The van der Waals surface area contributed by atoms with Crippen LogP contribution < -0.4 is 5.32 Å². The van der Waals surface area contributed by atoms with Gasteiger partial charge in [0.2, 0.25) is 5.01 Å². The number of hydrogen-bond donors (Lipinski definition) is 1. The van der Waals surface area contributed by atoms with Gasteiger partial charge in [-0.3, -0.25) is 9.69 Å². The molecule has 1 amide bonds. The van der Waals surface area contributed by atoms with Crippen molar-refractivity contribution in [1.82, 2.24) is 20.4 Å². The third-order valence-electron chi connectivity index (χ3n) is 4.25. The maximum atomic E-state index is 12.3. The maximum absolute atomic E-state index is 12.3. The molecule has 110 valence electrons. The molecule has 1 aliphatic carbocycles. The SMILES string of the molecule is CC(C)N1C[C@@H](C)[C@H](NC(=O)c2nnc(C3CC3)s2)C1. The molecule has 2 heterocycles. The van der Waals surface area contributed by atoms with Crippen molar-refractivity contribution in [1.29, 1.82) is 0 Å². The van der Waals surface area contributed by atoms with Crippen LogP contribution in [-0.2, 0) is 0 Å². The second kappa shape index (κ2) is 5.41. The molecule has 1 aromatic rings. The van der Waals surface area contributed by atoms with Gasteiger partial charge < -0.3 is 5.32 Å². The van der Waals surface area contributed by atoms with Crippen LogP contribution in [0.5, 0.6) is 0 Å². The van der Waals surface area contributed by atoms with Crippen LogP contribution in [0.25, 0.3) is 0 Å². The minimum Gasteiger partial charge on any atom is -0.346 e. The number of likely N-dealkylation sites (tertiary alicyclic amines) is 1. The van der Waals surface area contributed by atoms with Gasteiger partial charge in [-0.2, -0.15) is 0 Å². The Morgan fingerprint density at radius 2 is 2.10 bits per heavy atom. The first-order chi connectivity index (χ1) is 9.54. The average molecular weight is 294 g/mol. The Morgan fingerprint density at radius 1 is 1.35 bits per heavy atom. The molecule has 0 spiro atoms. The Labute approximate surface area is 123 Å². The van der Waals surface area contributed by atoms with Gasteiger partial charge in [0.1, 0.15) is 5.01 Å². The second-order valence-corrected chi connectivity index (χ2v) is 7.33. The first kappa shape index (κ1) is 13.9. The van der Waals surface area contributed by atoms with Gasteiger partial charge in [0.05, 0.1) is 0 Å². The lowest BCUT2D eigenvalue weighted by molar-refractivity contribution is 0.0929. The molecule has 1 saturated heterocycles. The number of aromatic nitrogens is 2. The van der Waals surface area contributed by atoms with Crippen molar-refractivity contribution in [2.75, 3.05) is 13.1 Å². The third kappa shape index (κ3) is 2.86. The minimum atomic E-state index is -0.0585. The molecule has 2 atom stereocenters. The molecule has 20 heavy (non-hydrogen) atoms. The van der Waals surface area contributed by atoms with Crippen molar-refractivity contribution >= 4 is 17.2 Å². The first-order valence-electron chi connectivity index (χ1n) is 7.43. The van der Waals surface area contributed by atoms with E-state index in [1.165, 1.54) is 24.2 Å². The van der Waals surface area contributed by atoms with Gasteiger partial charge in [-0.05, 0) is 32.6 Å². The van der Waals surface area contributed by atoms with E-state index in [4.69, 9.17) is 0 Å². The van der Waals surface area contributed by atoms with Crippen molar-refractivity contribution in [2.24, 2.45) is 5.92 Å². The molecule has 5 nitrogen and oxygen atoms in total.